The van der Waals surface area contributed by atoms with Crippen molar-refractivity contribution in [1.82, 2.24) is 4.90 Å². The lowest BCUT2D eigenvalue weighted by molar-refractivity contribution is -0.0446. The van der Waals surface area contributed by atoms with Gasteiger partial charge in [-0.2, -0.15) is 0 Å². The van der Waals surface area contributed by atoms with Gasteiger partial charge in [-0.3, -0.25) is 4.90 Å². The molecule has 3 unspecified atom stereocenters. The standard InChI is InChI=1S/C14H28N2O/c1-11-6-7-16(12(2)8-11)14(9-15,10-17-3)13-4-5-13/h11-13H,4-10,15H2,1-3H3. The highest BCUT2D eigenvalue weighted by Gasteiger charge is 2.50. The normalized spacial score (nSPS) is 34.6. The minimum absolute atomic E-state index is 0.119. The van der Waals surface area contributed by atoms with Crippen LogP contribution in [0.2, 0.25) is 0 Å². The summed E-state index contributed by atoms with van der Waals surface area (Å²) < 4.78 is 5.51. The van der Waals surface area contributed by atoms with E-state index in [1.54, 1.807) is 0 Å². The Morgan fingerprint density at radius 1 is 1.29 bits per heavy atom. The van der Waals surface area contributed by atoms with Gasteiger partial charge in [0.15, 0.2) is 0 Å². The van der Waals surface area contributed by atoms with E-state index in [9.17, 15) is 0 Å². The van der Waals surface area contributed by atoms with Crippen LogP contribution in [0.5, 0.6) is 0 Å². The summed E-state index contributed by atoms with van der Waals surface area (Å²) in [6.07, 6.45) is 5.28. The van der Waals surface area contributed by atoms with Crippen molar-refractivity contribution in [3.63, 3.8) is 0 Å². The van der Waals surface area contributed by atoms with Crippen LogP contribution < -0.4 is 5.73 Å². The second-order valence-electron chi connectivity index (χ2n) is 6.19. The summed E-state index contributed by atoms with van der Waals surface area (Å²) in [6, 6.07) is 0.651. The van der Waals surface area contributed by atoms with Gasteiger partial charge in [0, 0.05) is 19.7 Å². The topological polar surface area (TPSA) is 38.5 Å². The van der Waals surface area contributed by atoms with Gasteiger partial charge in [0.05, 0.1) is 12.1 Å². The number of likely N-dealkylation sites (tertiary alicyclic amines) is 1. The molecule has 0 spiro atoms. The Morgan fingerprint density at radius 2 is 2.00 bits per heavy atom. The molecule has 100 valence electrons. The average molecular weight is 240 g/mol. The van der Waals surface area contributed by atoms with Crippen LogP contribution in [-0.2, 0) is 4.74 Å². The molecular weight excluding hydrogens is 212 g/mol. The first-order valence-electron chi connectivity index (χ1n) is 7.09. The van der Waals surface area contributed by atoms with Crippen molar-refractivity contribution < 1.29 is 4.74 Å². The van der Waals surface area contributed by atoms with Gasteiger partial charge in [0.2, 0.25) is 0 Å². The van der Waals surface area contributed by atoms with Crippen molar-refractivity contribution in [3.8, 4) is 0 Å². The number of hydrogen-bond acceptors (Lipinski definition) is 3. The van der Waals surface area contributed by atoms with Crippen LogP contribution in [0.1, 0.15) is 39.5 Å². The molecule has 2 N–H and O–H groups in total. The minimum Gasteiger partial charge on any atom is -0.383 e. The molecule has 0 bridgehead atoms. The summed E-state index contributed by atoms with van der Waals surface area (Å²) in [5.41, 5.74) is 6.26. The number of ether oxygens (including phenoxy) is 1. The van der Waals surface area contributed by atoms with E-state index in [1.165, 1.54) is 32.2 Å². The molecular formula is C14H28N2O. The zero-order valence-corrected chi connectivity index (χ0v) is 11.6. The van der Waals surface area contributed by atoms with E-state index < -0.39 is 0 Å². The Bertz CT molecular complexity index is 255. The summed E-state index contributed by atoms with van der Waals surface area (Å²) >= 11 is 0. The molecule has 0 amide bonds. The third-order valence-electron chi connectivity index (χ3n) is 4.80. The van der Waals surface area contributed by atoms with E-state index in [0.717, 1.165) is 25.0 Å². The van der Waals surface area contributed by atoms with E-state index in [2.05, 4.69) is 18.7 Å². The fourth-order valence-corrected chi connectivity index (χ4v) is 3.72. The number of nitrogens with zero attached hydrogens (tertiary/aromatic N) is 1. The van der Waals surface area contributed by atoms with Crippen molar-refractivity contribution in [3.05, 3.63) is 0 Å². The number of nitrogens with two attached hydrogens (primary N) is 1. The molecule has 1 saturated heterocycles. The van der Waals surface area contributed by atoms with E-state index >= 15 is 0 Å². The lowest BCUT2D eigenvalue weighted by Crippen LogP contribution is -2.63. The first-order valence-corrected chi connectivity index (χ1v) is 7.09. The highest BCUT2D eigenvalue weighted by atomic mass is 16.5. The maximum absolute atomic E-state index is 6.14. The molecule has 2 aliphatic rings. The molecule has 2 fully saturated rings. The minimum atomic E-state index is 0.119. The van der Waals surface area contributed by atoms with Gasteiger partial charge in [-0.1, -0.05) is 6.92 Å². The van der Waals surface area contributed by atoms with E-state index in [4.69, 9.17) is 10.5 Å². The van der Waals surface area contributed by atoms with E-state index in [1.807, 2.05) is 7.11 Å². The Labute approximate surface area is 106 Å². The molecule has 17 heavy (non-hydrogen) atoms. The zero-order valence-electron chi connectivity index (χ0n) is 11.6. The fraction of sp³-hybridized carbons (Fsp3) is 1.00. The zero-order chi connectivity index (χ0) is 12.5. The molecule has 1 aliphatic carbocycles. The summed E-state index contributed by atoms with van der Waals surface area (Å²) in [5.74, 6) is 1.63. The third-order valence-corrected chi connectivity index (χ3v) is 4.80. The monoisotopic (exact) mass is 240 g/mol. The summed E-state index contributed by atoms with van der Waals surface area (Å²) in [6.45, 7) is 7.46. The summed E-state index contributed by atoms with van der Waals surface area (Å²) in [4.78, 5) is 2.66. The second-order valence-corrected chi connectivity index (χ2v) is 6.19. The lowest BCUT2D eigenvalue weighted by atomic mass is 9.84. The molecule has 3 nitrogen and oxygen atoms in total. The number of rotatable bonds is 5. The molecule has 0 aromatic heterocycles. The van der Waals surface area contributed by atoms with Crippen LogP contribution in [-0.4, -0.2) is 43.3 Å². The maximum atomic E-state index is 6.14. The largest absolute Gasteiger partial charge is 0.383 e. The Hall–Kier alpha value is -0.120. The predicted molar refractivity (Wildman–Crippen MR) is 71.0 cm³/mol. The highest BCUT2D eigenvalue weighted by molar-refractivity contribution is 5.05. The van der Waals surface area contributed by atoms with E-state index in [-0.39, 0.29) is 5.54 Å². The molecule has 2 rings (SSSR count). The SMILES string of the molecule is COCC(CN)(C1CC1)N1CCC(C)CC1C. The molecule has 1 heterocycles. The van der Waals surface area contributed by atoms with E-state index in [0.29, 0.717) is 6.04 Å². The van der Waals surface area contributed by atoms with Crippen LogP contribution in [0.25, 0.3) is 0 Å². The van der Waals surface area contributed by atoms with Crippen LogP contribution in [0.4, 0.5) is 0 Å². The van der Waals surface area contributed by atoms with Crippen LogP contribution in [0.15, 0.2) is 0 Å². The molecule has 1 saturated carbocycles. The van der Waals surface area contributed by atoms with Gasteiger partial charge in [0.1, 0.15) is 0 Å². The van der Waals surface area contributed by atoms with Crippen molar-refractivity contribution in [2.75, 3.05) is 26.8 Å². The third kappa shape index (κ3) is 2.51. The summed E-state index contributed by atoms with van der Waals surface area (Å²) in [7, 11) is 1.81. The van der Waals surface area contributed by atoms with Gasteiger partial charge in [0.25, 0.3) is 0 Å². The smallest absolute Gasteiger partial charge is 0.0661 e. The van der Waals surface area contributed by atoms with Crippen molar-refractivity contribution in [2.45, 2.75) is 51.1 Å². The molecule has 0 radical (unpaired) electrons. The van der Waals surface area contributed by atoms with Crippen LogP contribution >= 0.6 is 0 Å². The number of piperidine rings is 1. The quantitative estimate of drug-likeness (QED) is 0.797. The predicted octanol–water partition coefficient (Wildman–Crippen LogP) is 1.86. The molecule has 3 heteroatoms. The Morgan fingerprint density at radius 3 is 2.47 bits per heavy atom. The van der Waals surface area contributed by atoms with Gasteiger partial charge in [-0.25, -0.2) is 0 Å². The molecule has 0 aromatic rings. The van der Waals surface area contributed by atoms with Gasteiger partial charge >= 0.3 is 0 Å². The molecule has 3 atom stereocenters. The second kappa shape index (κ2) is 5.25. The fourth-order valence-electron chi connectivity index (χ4n) is 3.72. The lowest BCUT2D eigenvalue weighted by Gasteiger charge is -2.50. The highest BCUT2D eigenvalue weighted by Crippen LogP contribution is 2.45. The average Bonchev–Trinajstić information content (AvgIpc) is 3.11. The first-order chi connectivity index (χ1) is 8.14. The maximum Gasteiger partial charge on any atom is 0.0661 e. The number of methoxy groups -OCH3 is 1. The number of hydrogen-bond donors (Lipinski definition) is 1. The molecule has 1 aliphatic heterocycles. The van der Waals surface area contributed by atoms with Gasteiger partial charge in [-0.05, 0) is 51.0 Å². The van der Waals surface area contributed by atoms with Crippen LogP contribution in [0, 0.1) is 11.8 Å². The van der Waals surface area contributed by atoms with Crippen molar-refractivity contribution in [1.29, 1.82) is 0 Å². The Balaban J connectivity index is 2.14. The van der Waals surface area contributed by atoms with Gasteiger partial charge in [-0.15, -0.1) is 0 Å². The van der Waals surface area contributed by atoms with Gasteiger partial charge < -0.3 is 10.5 Å². The summed E-state index contributed by atoms with van der Waals surface area (Å²) in [5, 5.41) is 0. The first kappa shape index (κ1) is 13.3. The van der Waals surface area contributed by atoms with Crippen LogP contribution in [0.3, 0.4) is 0 Å². The van der Waals surface area contributed by atoms with Crippen molar-refractivity contribution in [2.24, 2.45) is 17.6 Å². The van der Waals surface area contributed by atoms with Crippen molar-refractivity contribution >= 4 is 0 Å². The Kier molecular flexibility index (Phi) is 4.11. The molecule has 0 aromatic carbocycles.